The van der Waals surface area contributed by atoms with Gasteiger partial charge in [0.1, 0.15) is 5.75 Å². The molecule has 2 N–H and O–H groups in total. The number of carbonyl (C=O) groups is 2. The van der Waals surface area contributed by atoms with Gasteiger partial charge in [-0.05, 0) is 41.7 Å². The van der Waals surface area contributed by atoms with Gasteiger partial charge in [-0.25, -0.2) is 0 Å². The molecule has 0 atom stereocenters. The minimum absolute atomic E-state index is 0.0691. The molecule has 0 heterocycles. The van der Waals surface area contributed by atoms with Crippen LogP contribution in [0.15, 0.2) is 48.5 Å². The maximum absolute atomic E-state index is 11.8. The highest BCUT2D eigenvalue weighted by atomic mass is 16.5. The minimum atomic E-state index is -0.328. The zero-order valence-electron chi connectivity index (χ0n) is 15.5. The Kier molecular flexibility index (Phi) is 7.21. The Hall–Kier alpha value is -2.82. The van der Waals surface area contributed by atoms with Crippen LogP contribution in [0.1, 0.15) is 36.5 Å². The van der Waals surface area contributed by atoms with E-state index in [0.29, 0.717) is 18.2 Å². The van der Waals surface area contributed by atoms with Gasteiger partial charge >= 0.3 is 0 Å². The molecule has 5 nitrogen and oxygen atoms in total. The number of amides is 2. The van der Waals surface area contributed by atoms with E-state index in [1.807, 2.05) is 55.5 Å². The first-order valence-corrected chi connectivity index (χ1v) is 8.76. The summed E-state index contributed by atoms with van der Waals surface area (Å²) in [5.74, 6) is 0.530. The molecule has 0 aliphatic carbocycles. The van der Waals surface area contributed by atoms with E-state index in [1.165, 1.54) is 5.56 Å². The average molecular weight is 354 g/mol. The van der Waals surface area contributed by atoms with Crippen molar-refractivity contribution in [2.45, 2.75) is 33.2 Å². The Balaban J connectivity index is 1.70. The van der Waals surface area contributed by atoms with Crippen molar-refractivity contribution in [2.75, 3.05) is 13.2 Å². The van der Waals surface area contributed by atoms with Gasteiger partial charge in [0.15, 0.2) is 6.61 Å². The fourth-order valence-corrected chi connectivity index (χ4v) is 2.62. The van der Waals surface area contributed by atoms with Crippen molar-refractivity contribution in [3.63, 3.8) is 0 Å². The van der Waals surface area contributed by atoms with Crippen LogP contribution in [0.25, 0.3) is 0 Å². The monoisotopic (exact) mass is 354 g/mol. The first-order chi connectivity index (χ1) is 12.5. The molecule has 0 aliphatic heterocycles. The van der Waals surface area contributed by atoms with Crippen molar-refractivity contribution in [1.82, 2.24) is 10.6 Å². The highest BCUT2D eigenvalue weighted by Gasteiger charge is 2.08. The van der Waals surface area contributed by atoms with E-state index in [1.54, 1.807) is 0 Å². The van der Waals surface area contributed by atoms with Crippen LogP contribution in [0.5, 0.6) is 5.75 Å². The molecule has 0 aliphatic rings. The first kappa shape index (κ1) is 19.5. The van der Waals surface area contributed by atoms with Gasteiger partial charge in [-0.1, -0.05) is 50.2 Å². The Morgan fingerprint density at radius 3 is 2.38 bits per heavy atom. The number of carbonyl (C=O) groups excluding carboxylic acids is 2. The van der Waals surface area contributed by atoms with E-state index < -0.39 is 0 Å². The number of ether oxygens (including phenoxy) is 1. The molecule has 2 aromatic carbocycles. The van der Waals surface area contributed by atoms with E-state index in [2.05, 4.69) is 24.5 Å². The van der Waals surface area contributed by atoms with Gasteiger partial charge < -0.3 is 15.4 Å². The predicted octanol–water partition coefficient (Wildman–Crippen LogP) is 2.93. The van der Waals surface area contributed by atoms with Crippen molar-refractivity contribution in [1.29, 1.82) is 0 Å². The van der Waals surface area contributed by atoms with E-state index in [9.17, 15) is 9.59 Å². The third-order valence-electron chi connectivity index (χ3n) is 4.01. The van der Waals surface area contributed by atoms with E-state index in [4.69, 9.17) is 4.74 Å². The number of hydrogen-bond donors (Lipinski definition) is 2. The first-order valence-electron chi connectivity index (χ1n) is 8.76. The number of benzene rings is 2. The molecule has 0 radical (unpaired) electrons. The Bertz CT molecular complexity index is 742. The van der Waals surface area contributed by atoms with Gasteiger partial charge in [-0.15, -0.1) is 0 Å². The van der Waals surface area contributed by atoms with Crippen LogP contribution < -0.4 is 15.4 Å². The predicted molar refractivity (Wildman–Crippen MR) is 102 cm³/mol. The molecule has 2 rings (SSSR count). The lowest BCUT2D eigenvalue weighted by atomic mass is 9.98. The molecule has 0 saturated carbocycles. The fraction of sp³-hybridized carbons (Fsp3) is 0.333. The second kappa shape index (κ2) is 9.61. The van der Waals surface area contributed by atoms with Gasteiger partial charge in [-0.3, -0.25) is 9.59 Å². The third kappa shape index (κ3) is 6.24. The summed E-state index contributed by atoms with van der Waals surface area (Å²) < 4.78 is 5.50. The van der Waals surface area contributed by atoms with Crippen LogP contribution in [0, 0.1) is 6.92 Å². The summed E-state index contributed by atoms with van der Waals surface area (Å²) in [5, 5.41) is 5.32. The molecule has 0 aromatic heterocycles. The quantitative estimate of drug-likeness (QED) is 0.766. The van der Waals surface area contributed by atoms with Crippen LogP contribution in [0.3, 0.4) is 0 Å². The van der Waals surface area contributed by atoms with Crippen LogP contribution in [0.4, 0.5) is 0 Å². The largest absolute Gasteiger partial charge is 0.484 e. The Morgan fingerprint density at radius 1 is 1.00 bits per heavy atom. The van der Waals surface area contributed by atoms with Gasteiger partial charge in [0.25, 0.3) is 5.91 Å². The number of aryl methyl sites for hydroxylation is 1. The van der Waals surface area contributed by atoms with Crippen molar-refractivity contribution >= 4 is 11.8 Å². The van der Waals surface area contributed by atoms with Crippen LogP contribution in [-0.4, -0.2) is 25.0 Å². The van der Waals surface area contributed by atoms with E-state index in [0.717, 1.165) is 11.1 Å². The standard InChI is InChI=1S/C21H26N2O3/c1-15(2)19-10-9-18(11-16(19)3)26-14-21(25)23-13-20(24)22-12-17-7-5-4-6-8-17/h4-11,15H,12-14H2,1-3H3,(H,22,24)(H,23,25). The van der Waals surface area contributed by atoms with Gasteiger partial charge in [0.2, 0.25) is 5.91 Å². The third-order valence-corrected chi connectivity index (χ3v) is 4.01. The zero-order chi connectivity index (χ0) is 18.9. The summed E-state index contributed by atoms with van der Waals surface area (Å²) in [6.45, 7) is 6.55. The SMILES string of the molecule is Cc1cc(OCC(=O)NCC(=O)NCc2ccccc2)ccc1C(C)C. The Morgan fingerprint density at radius 2 is 1.73 bits per heavy atom. The highest BCUT2D eigenvalue weighted by Crippen LogP contribution is 2.23. The van der Waals surface area contributed by atoms with Crippen molar-refractivity contribution < 1.29 is 14.3 Å². The lowest BCUT2D eigenvalue weighted by Gasteiger charge is -2.12. The van der Waals surface area contributed by atoms with Gasteiger partial charge in [-0.2, -0.15) is 0 Å². The normalized spacial score (nSPS) is 10.5. The summed E-state index contributed by atoms with van der Waals surface area (Å²) in [4.78, 5) is 23.6. The second-order valence-corrected chi connectivity index (χ2v) is 6.50. The highest BCUT2D eigenvalue weighted by molar-refractivity contribution is 5.85. The molecule has 0 spiro atoms. The molecule has 26 heavy (non-hydrogen) atoms. The molecule has 0 unspecified atom stereocenters. The molecule has 2 aromatic rings. The molecule has 0 saturated heterocycles. The van der Waals surface area contributed by atoms with Crippen LogP contribution >= 0.6 is 0 Å². The zero-order valence-corrected chi connectivity index (χ0v) is 15.5. The fourth-order valence-electron chi connectivity index (χ4n) is 2.62. The van der Waals surface area contributed by atoms with Gasteiger partial charge in [0, 0.05) is 6.54 Å². The number of hydrogen-bond acceptors (Lipinski definition) is 3. The lowest BCUT2D eigenvalue weighted by molar-refractivity contribution is -0.127. The Labute approximate surface area is 154 Å². The van der Waals surface area contributed by atoms with E-state index in [-0.39, 0.29) is 25.0 Å². The van der Waals surface area contributed by atoms with E-state index >= 15 is 0 Å². The minimum Gasteiger partial charge on any atom is -0.484 e. The van der Waals surface area contributed by atoms with Crippen molar-refractivity contribution in [3.8, 4) is 5.75 Å². The maximum atomic E-state index is 11.8. The topological polar surface area (TPSA) is 67.4 Å². The summed E-state index contributed by atoms with van der Waals surface area (Å²) >= 11 is 0. The molecule has 2 amide bonds. The molecule has 0 fully saturated rings. The summed E-state index contributed by atoms with van der Waals surface area (Å²) in [6.07, 6.45) is 0. The molecular formula is C21H26N2O3. The number of nitrogens with one attached hydrogen (secondary N) is 2. The molecular weight excluding hydrogens is 328 g/mol. The summed E-state index contributed by atoms with van der Waals surface area (Å²) in [7, 11) is 0. The molecule has 0 bridgehead atoms. The van der Waals surface area contributed by atoms with Crippen molar-refractivity contribution in [2.24, 2.45) is 0 Å². The average Bonchev–Trinajstić information content (AvgIpc) is 2.63. The van der Waals surface area contributed by atoms with Crippen LogP contribution in [0.2, 0.25) is 0 Å². The number of rotatable bonds is 8. The maximum Gasteiger partial charge on any atom is 0.258 e. The molecule has 5 heteroatoms. The summed E-state index contributed by atoms with van der Waals surface area (Å²) in [5.41, 5.74) is 3.41. The molecule has 138 valence electrons. The second-order valence-electron chi connectivity index (χ2n) is 6.50. The van der Waals surface area contributed by atoms with Crippen LogP contribution in [-0.2, 0) is 16.1 Å². The summed E-state index contributed by atoms with van der Waals surface area (Å²) in [6, 6.07) is 15.4. The lowest BCUT2D eigenvalue weighted by Crippen LogP contribution is -2.38. The smallest absolute Gasteiger partial charge is 0.258 e. The van der Waals surface area contributed by atoms with Gasteiger partial charge in [0.05, 0.1) is 6.54 Å². The van der Waals surface area contributed by atoms with Crippen molar-refractivity contribution in [3.05, 3.63) is 65.2 Å².